The summed E-state index contributed by atoms with van der Waals surface area (Å²) in [5.74, 6) is -0.291. The first-order valence-corrected chi connectivity index (χ1v) is 7.44. The molecule has 0 bridgehead atoms. The lowest BCUT2D eigenvalue weighted by Gasteiger charge is -2.16. The van der Waals surface area contributed by atoms with Crippen LogP contribution in [0.2, 0.25) is 0 Å². The summed E-state index contributed by atoms with van der Waals surface area (Å²) in [5.41, 5.74) is 7.33. The van der Waals surface area contributed by atoms with Crippen LogP contribution in [-0.4, -0.2) is 18.7 Å². The molecule has 0 spiro atoms. The van der Waals surface area contributed by atoms with E-state index in [4.69, 9.17) is 10.5 Å². The Labute approximate surface area is 135 Å². The highest BCUT2D eigenvalue weighted by Gasteiger charge is 2.27. The molecule has 5 heteroatoms. The van der Waals surface area contributed by atoms with E-state index in [9.17, 15) is 9.18 Å². The summed E-state index contributed by atoms with van der Waals surface area (Å²) in [6, 6.07) is 15.4. The minimum Gasteiger partial charge on any atom is -0.489 e. The van der Waals surface area contributed by atoms with E-state index in [1.54, 1.807) is 31.2 Å². The van der Waals surface area contributed by atoms with Crippen LogP contribution in [0.5, 0.6) is 5.75 Å². The van der Waals surface area contributed by atoms with Crippen LogP contribution in [0.25, 0.3) is 0 Å². The van der Waals surface area contributed by atoms with Crippen molar-refractivity contribution >= 4 is 5.97 Å². The molecule has 0 saturated carbocycles. The fourth-order valence-electron chi connectivity index (χ4n) is 2.06. The fourth-order valence-corrected chi connectivity index (χ4v) is 2.06. The summed E-state index contributed by atoms with van der Waals surface area (Å²) in [5, 5.41) is 0. The standard InChI is InChI=1S/C18H20FNO3/c1-2-22-18(21)16(19)17(20)14-8-10-15(11-9-14)23-12-13-6-4-3-5-7-13/h3-11,16-17H,2,12,20H2,1H3/t16?,17-/m1/s1. The van der Waals surface area contributed by atoms with Gasteiger partial charge in [-0.2, -0.15) is 0 Å². The highest BCUT2D eigenvalue weighted by Crippen LogP contribution is 2.21. The first-order chi connectivity index (χ1) is 11.1. The number of hydrogen-bond donors (Lipinski definition) is 1. The topological polar surface area (TPSA) is 61.5 Å². The first kappa shape index (κ1) is 17.0. The molecular weight excluding hydrogens is 297 g/mol. The summed E-state index contributed by atoms with van der Waals surface area (Å²) < 4.78 is 24.2. The Morgan fingerprint density at radius 3 is 2.39 bits per heavy atom. The van der Waals surface area contributed by atoms with Crippen molar-refractivity contribution in [3.05, 3.63) is 65.7 Å². The predicted octanol–water partition coefficient (Wildman–Crippen LogP) is 3.17. The summed E-state index contributed by atoms with van der Waals surface area (Å²) in [6.45, 7) is 2.19. The monoisotopic (exact) mass is 317 g/mol. The van der Waals surface area contributed by atoms with Crippen LogP contribution < -0.4 is 10.5 Å². The van der Waals surface area contributed by atoms with Gasteiger partial charge in [-0.3, -0.25) is 0 Å². The Balaban J connectivity index is 1.94. The molecule has 122 valence electrons. The molecule has 2 N–H and O–H groups in total. The third-order valence-corrected chi connectivity index (χ3v) is 3.34. The largest absolute Gasteiger partial charge is 0.489 e. The van der Waals surface area contributed by atoms with Gasteiger partial charge in [0, 0.05) is 0 Å². The molecule has 0 saturated heterocycles. The fraction of sp³-hybridized carbons (Fsp3) is 0.278. The minimum absolute atomic E-state index is 0.123. The van der Waals surface area contributed by atoms with Gasteiger partial charge < -0.3 is 15.2 Å². The van der Waals surface area contributed by atoms with Crippen molar-refractivity contribution in [1.82, 2.24) is 0 Å². The van der Waals surface area contributed by atoms with Gasteiger partial charge in [0.2, 0.25) is 6.17 Å². The molecular formula is C18H20FNO3. The molecule has 1 unspecified atom stereocenters. The molecule has 23 heavy (non-hydrogen) atoms. The van der Waals surface area contributed by atoms with Gasteiger partial charge in [0.25, 0.3) is 0 Å². The second-order valence-electron chi connectivity index (χ2n) is 5.02. The highest BCUT2D eigenvalue weighted by atomic mass is 19.1. The number of carbonyl (C=O) groups is 1. The van der Waals surface area contributed by atoms with Crippen LogP contribution in [0.15, 0.2) is 54.6 Å². The maximum atomic E-state index is 13.9. The average Bonchev–Trinajstić information content (AvgIpc) is 2.60. The lowest BCUT2D eigenvalue weighted by atomic mass is 10.0. The third-order valence-electron chi connectivity index (χ3n) is 3.34. The van der Waals surface area contributed by atoms with Gasteiger partial charge in [0.1, 0.15) is 12.4 Å². The van der Waals surface area contributed by atoms with Crippen LogP contribution in [-0.2, 0) is 16.1 Å². The van der Waals surface area contributed by atoms with E-state index in [-0.39, 0.29) is 6.61 Å². The van der Waals surface area contributed by atoms with E-state index in [1.165, 1.54) is 0 Å². The van der Waals surface area contributed by atoms with Crippen LogP contribution in [0.1, 0.15) is 24.1 Å². The predicted molar refractivity (Wildman–Crippen MR) is 85.7 cm³/mol. The lowest BCUT2D eigenvalue weighted by Crippen LogP contribution is -2.31. The number of alkyl halides is 1. The van der Waals surface area contributed by atoms with E-state index in [0.29, 0.717) is 17.9 Å². The summed E-state index contributed by atoms with van der Waals surface area (Å²) in [6.07, 6.45) is -1.88. The maximum Gasteiger partial charge on any atom is 0.342 e. The molecule has 2 rings (SSSR count). The Hall–Kier alpha value is -2.40. The minimum atomic E-state index is -1.88. The van der Waals surface area contributed by atoms with Gasteiger partial charge in [-0.1, -0.05) is 42.5 Å². The number of esters is 1. The van der Waals surface area contributed by atoms with Crippen molar-refractivity contribution in [2.75, 3.05) is 6.61 Å². The van der Waals surface area contributed by atoms with Gasteiger partial charge in [-0.25, -0.2) is 9.18 Å². The van der Waals surface area contributed by atoms with Crippen LogP contribution >= 0.6 is 0 Å². The van der Waals surface area contributed by atoms with E-state index in [2.05, 4.69) is 4.74 Å². The molecule has 0 amide bonds. The van der Waals surface area contributed by atoms with E-state index in [0.717, 1.165) is 5.56 Å². The smallest absolute Gasteiger partial charge is 0.342 e. The summed E-state index contributed by atoms with van der Waals surface area (Å²) in [4.78, 5) is 11.4. The van der Waals surface area contributed by atoms with E-state index >= 15 is 0 Å². The van der Waals surface area contributed by atoms with E-state index in [1.807, 2.05) is 30.3 Å². The highest BCUT2D eigenvalue weighted by molar-refractivity contribution is 5.75. The molecule has 2 aromatic rings. The van der Waals surface area contributed by atoms with Crippen LogP contribution in [0.3, 0.4) is 0 Å². The zero-order valence-electron chi connectivity index (χ0n) is 12.9. The summed E-state index contributed by atoms with van der Waals surface area (Å²) in [7, 11) is 0. The molecule has 0 aliphatic carbocycles. The number of carbonyl (C=O) groups excluding carboxylic acids is 1. The Morgan fingerprint density at radius 1 is 1.13 bits per heavy atom. The van der Waals surface area contributed by atoms with Crippen LogP contribution in [0.4, 0.5) is 4.39 Å². The number of rotatable bonds is 7. The Kier molecular flexibility index (Phi) is 6.11. The summed E-state index contributed by atoms with van der Waals surface area (Å²) >= 11 is 0. The van der Waals surface area contributed by atoms with Crippen molar-refractivity contribution in [2.45, 2.75) is 25.7 Å². The Bertz CT molecular complexity index is 616. The average molecular weight is 317 g/mol. The van der Waals surface area contributed by atoms with Gasteiger partial charge >= 0.3 is 5.97 Å². The molecule has 4 nitrogen and oxygen atoms in total. The van der Waals surface area contributed by atoms with Crippen molar-refractivity contribution < 1.29 is 18.7 Å². The molecule has 0 fully saturated rings. The molecule has 0 heterocycles. The Morgan fingerprint density at radius 2 is 1.78 bits per heavy atom. The van der Waals surface area contributed by atoms with Gasteiger partial charge in [-0.15, -0.1) is 0 Å². The van der Waals surface area contributed by atoms with Crippen molar-refractivity contribution in [2.24, 2.45) is 5.73 Å². The third kappa shape index (κ3) is 4.79. The number of hydrogen-bond acceptors (Lipinski definition) is 4. The lowest BCUT2D eigenvalue weighted by molar-refractivity contribution is -0.149. The number of ether oxygens (including phenoxy) is 2. The normalized spacial score (nSPS) is 13.2. The SMILES string of the molecule is CCOC(=O)C(F)[C@H](N)c1ccc(OCc2ccccc2)cc1. The quantitative estimate of drug-likeness (QED) is 0.797. The van der Waals surface area contributed by atoms with Crippen molar-refractivity contribution in [1.29, 1.82) is 0 Å². The van der Waals surface area contributed by atoms with Crippen molar-refractivity contribution in [3.8, 4) is 5.75 Å². The molecule has 2 atom stereocenters. The first-order valence-electron chi connectivity index (χ1n) is 7.44. The molecule has 0 aromatic heterocycles. The zero-order valence-corrected chi connectivity index (χ0v) is 12.9. The second-order valence-corrected chi connectivity index (χ2v) is 5.02. The van der Waals surface area contributed by atoms with Gasteiger partial charge in [0.15, 0.2) is 0 Å². The van der Waals surface area contributed by atoms with Crippen molar-refractivity contribution in [3.63, 3.8) is 0 Å². The maximum absolute atomic E-state index is 13.9. The molecule has 2 aromatic carbocycles. The number of nitrogens with two attached hydrogens (primary N) is 1. The molecule has 0 radical (unpaired) electrons. The van der Waals surface area contributed by atoms with Crippen LogP contribution in [0, 0.1) is 0 Å². The molecule has 0 aliphatic rings. The second kappa shape index (κ2) is 8.29. The number of benzene rings is 2. The van der Waals surface area contributed by atoms with Gasteiger partial charge in [-0.05, 0) is 30.2 Å². The number of halogens is 1. The zero-order chi connectivity index (χ0) is 16.7. The van der Waals surface area contributed by atoms with E-state index < -0.39 is 18.2 Å². The molecule has 0 aliphatic heterocycles. The van der Waals surface area contributed by atoms with Gasteiger partial charge in [0.05, 0.1) is 12.6 Å².